The van der Waals surface area contributed by atoms with Crippen molar-refractivity contribution in [2.24, 2.45) is 11.7 Å². The molecule has 1 aliphatic rings. The van der Waals surface area contributed by atoms with Crippen molar-refractivity contribution in [1.29, 1.82) is 0 Å². The van der Waals surface area contributed by atoms with Crippen LogP contribution in [0.25, 0.3) is 0 Å². The zero-order valence-electron chi connectivity index (χ0n) is 15.6. The molecule has 154 valence electrons. The van der Waals surface area contributed by atoms with Crippen molar-refractivity contribution in [3.8, 4) is 0 Å². The van der Waals surface area contributed by atoms with Crippen LogP contribution in [0.2, 0.25) is 0 Å². The lowest BCUT2D eigenvalue weighted by Gasteiger charge is -2.31. The first-order valence-corrected chi connectivity index (χ1v) is 9.62. The molecule has 0 saturated carbocycles. The number of nitrogens with zero attached hydrogens (tertiary/aromatic N) is 3. The highest BCUT2D eigenvalue weighted by Crippen LogP contribution is 2.21. The molecule has 0 aliphatic carbocycles. The molecule has 1 saturated heterocycles. The van der Waals surface area contributed by atoms with Crippen LogP contribution in [-0.4, -0.2) is 46.3 Å². The van der Waals surface area contributed by atoms with Gasteiger partial charge in [0.25, 0.3) is 5.91 Å². The minimum atomic E-state index is -0.238. The lowest BCUT2D eigenvalue weighted by molar-refractivity contribution is -0.121. The number of thiazole rings is 1. The topological polar surface area (TPSA) is 101 Å². The number of nitrogens with one attached hydrogen (secondary N) is 1. The highest BCUT2D eigenvalue weighted by atomic mass is 35.5. The molecule has 2 aromatic rings. The molecule has 0 bridgehead atoms. The van der Waals surface area contributed by atoms with Gasteiger partial charge in [-0.2, -0.15) is 0 Å². The van der Waals surface area contributed by atoms with Crippen molar-refractivity contribution >= 4 is 53.8 Å². The van der Waals surface area contributed by atoms with Gasteiger partial charge >= 0.3 is 0 Å². The third-order valence-electron chi connectivity index (χ3n) is 4.37. The number of pyridine rings is 1. The summed E-state index contributed by atoms with van der Waals surface area (Å²) < 4.78 is 0. The third kappa shape index (κ3) is 6.13. The molecule has 2 amide bonds. The summed E-state index contributed by atoms with van der Waals surface area (Å²) in [6, 6.07) is 3.69. The number of piperidine rings is 1. The number of nitrogens with two attached hydrogens (primary N) is 1. The molecule has 3 rings (SSSR count). The van der Waals surface area contributed by atoms with Crippen molar-refractivity contribution in [2.45, 2.75) is 26.2 Å². The zero-order chi connectivity index (χ0) is 18.5. The highest BCUT2D eigenvalue weighted by molar-refractivity contribution is 7.09. The molecular weight excluding hydrogens is 421 g/mol. The fourth-order valence-corrected chi connectivity index (χ4v) is 3.74. The van der Waals surface area contributed by atoms with Gasteiger partial charge in [0, 0.05) is 31.1 Å². The molecule has 0 spiro atoms. The summed E-state index contributed by atoms with van der Waals surface area (Å²) in [7, 11) is 0. The van der Waals surface area contributed by atoms with Crippen LogP contribution >= 0.6 is 36.2 Å². The first-order chi connectivity index (χ1) is 12.6. The SMILES string of the molecule is Cc1ccc(NC(=O)C2CCCN(C(=O)c3csc(CCN)n3)C2)nc1.Cl.Cl. The van der Waals surface area contributed by atoms with Crippen LogP contribution in [0.5, 0.6) is 0 Å². The zero-order valence-corrected chi connectivity index (χ0v) is 18.0. The average molecular weight is 446 g/mol. The second-order valence-corrected chi connectivity index (χ2v) is 7.41. The molecule has 3 N–H and O–H groups in total. The van der Waals surface area contributed by atoms with E-state index in [9.17, 15) is 9.59 Å². The number of carbonyl (C=O) groups is 2. The Bertz CT molecular complexity index is 785. The largest absolute Gasteiger partial charge is 0.336 e. The lowest BCUT2D eigenvalue weighted by atomic mass is 9.97. The van der Waals surface area contributed by atoms with Crippen LogP contribution in [0.4, 0.5) is 5.82 Å². The molecule has 1 aliphatic heterocycles. The summed E-state index contributed by atoms with van der Waals surface area (Å²) in [5, 5.41) is 5.48. The Labute approximate surface area is 180 Å². The van der Waals surface area contributed by atoms with Gasteiger partial charge in [0.2, 0.25) is 5.91 Å². The van der Waals surface area contributed by atoms with Crippen molar-refractivity contribution in [1.82, 2.24) is 14.9 Å². The van der Waals surface area contributed by atoms with Crippen molar-refractivity contribution in [3.63, 3.8) is 0 Å². The van der Waals surface area contributed by atoms with Gasteiger partial charge in [0.1, 0.15) is 11.5 Å². The maximum atomic E-state index is 12.7. The van der Waals surface area contributed by atoms with Gasteiger partial charge in [-0.05, 0) is 37.9 Å². The maximum absolute atomic E-state index is 12.7. The smallest absolute Gasteiger partial charge is 0.273 e. The van der Waals surface area contributed by atoms with Gasteiger partial charge in [0.15, 0.2) is 0 Å². The Balaban J connectivity index is 0.00000196. The van der Waals surface area contributed by atoms with Crippen LogP contribution in [0.3, 0.4) is 0 Å². The highest BCUT2D eigenvalue weighted by Gasteiger charge is 2.30. The molecule has 3 heterocycles. The molecule has 1 unspecified atom stereocenters. The van der Waals surface area contributed by atoms with Gasteiger partial charge in [-0.15, -0.1) is 36.2 Å². The lowest BCUT2D eigenvalue weighted by Crippen LogP contribution is -2.44. The van der Waals surface area contributed by atoms with E-state index < -0.39 is 0 Å². The number of aromatic nitrogens is 2. The Morgan fingerprint density at radius 3 is 2.82 bits per heavy atom. The Morgan fingerprint density at radius 2 is 2.14 bits per heavy atom. The molecule has 7 nitrogen and oxygen atoms in total. The fourth-order valence-electron chi connectivity index (χ4n) is 2.96. The summed E-state index contributed by atoms with van der Waals surface area (Å²) >= 11 is 1.45. The summed E-state index contributed by atoms with van der Waals surface area (Å²) in [6.07, 6.45) is 3.95. The fraction of sp³-hybridized carbons (Fsp3) is 0.444. The van der Waals surface area contributed by atoms with E-state index in [4.69, 9.17) is 5.73 Å². The Morgan fingerprint density at radius 1 is 1.36 bits per heavy atom. The minimum absolute atomic E-state index is 0. The standard InChI is InChI=1S/C18H23N5O2S.2ClH/c1-12-4-5-15(20-9-12)22-17(24)13-3-2-8-23(10-13)18(25)14-11-26-16(21-14)6-7-19;;/h4-5,9,11,13H,2-3,6-8,10,19H2,1H3,(H,20,22,24);2*1H. The van der Waals surface area contributed by atoms with Crippen LogP contribution in [0.1, 0.15) is 33.9 Å². The van der Waals surface area contributed by atoms with E-state index in [2.05, 4.69) is 15.3 Å². The van der Waals surface area contributed by atoms with E-state index in [0.29, 0.717) is 37.6 Å². The van der Waals surface area contributed by atoms with Gasteiger partial charge in [-0.25, -0.2) is 9.97 Å². The quantitative estimate of drug-likeness (QED) is 0.736. The Hall–Kier alpha value is -1.74. The second-order valence-electron chi connectivity index (χ2n) is 6.47. The number of hydrogen-bond donors (Lipinski definition) is 2. The summed E-state index contributed by atoms with van der Waals surface area (Å²) in [4.78, 5) is 35.5. The number of likely N-dealkylation sites (tertiary alicyclic amines) is 1. The number of hydrogen-bond acceptors (Lipinski definition) is 6. The van der Waals surface area contributed by atoms with E-state index >= 15 is 0 Å². The predicted octanol–water partition coefficient (Wildman–Crippen LogP) is 2.68. The monoisotopic (exact) mass is 445 g/mol. The number of carbonyl (C=O) groups excluding carboxylic acids is 2. The molecule has 0 radical (unpaired) electrons. The molecule has 1 atom stereocenters. The molecule has 2 aromatic heterocycles. The van der Waals surface area contributed by atoms with Crippen molar-refractivity contribution < 1.29 is 9.59 Å². The number of anilines is 1. The maximum Gasteiger partial charge on any atom is 0.273 e. The summed E-state index contributed by atoms with van der Waals surface area (Å²) in [5.41, 5.74) is 7.01. The molecule has 10 heteroatoms. The first kappa shape index (κ1) is 24.3. The average Bonchev–Trinajstić information content (AvgIpc) is 3.12. The number of aryl methyl sites for hydroxylation is 1. The van der Waals surface area contributed by atoms with E-state index in [1.165, 1.54) is 11.3 Å². The van der Waals surface area contributed by atoms with E-state index in [1.807, 2.05) is 13.0 Å². The van der Waals surface area contributed by atoms with Crippen molar-refractivity contribution in [2.75, 3.05) is 25.0 Å². The molecular formula is C18H25Cl2N5O2S. The summed E-state index contributed by atoms with van der Waals surface area (Å²) in [5.74, 6) is 0.0874. The van der Waals surface area contributed by atoms with Crippen LogP contribution in [0, 0.1) is 12.8 Å². The van der Waals surface area contributed by atoms with Crippen molar-refractivity contribution in [3.05, 3.63) is 40.0 Å². The number of amides is 2. The summed E-state index contributed by atoms with van der Waals surface area (Å²) in [6.45, 7) is 3.51. The minimum Gasteiger partial charge on any atom is -0.336 e. The first-order valence-electron chi connectivity index (χ1n) is 8.74. The van der Waals surface area contributed by atoms with E-state index in [-0.39, 0.29) is 42.5 Å². The predicted molar refractivity (Wildman–Crippen MR) is 116 cm³/mol. The van der Waals surface area contributed by atoms with Crippen LogP contribution in [-0.2, 0) is 11.2 Å². The van der Waals surface area contributed by atoms with Crippen LogP contribution < -0.4 is 11.1 Å². The number of rotatable bonds is 5. The normalized spacial score (nSPS) is 15.9. The van der Waals surface area contributed by atoms with Gasteiger partial charge in [-0.1, -0.05) is 6.07 Å². The van der Waals surface area contributed by atoms with Gasteiger partial charge in [0.05, 0.1) is 10.9 Å². The number of halogens is 2. The van der Waals surface area contributed by atoms with Gasteiger partial charge in [-0.3, -0.25) is 9.59 Å². The molecule has 1 fully saturated rings. The molecule has 28 heavy (non-hydrogen) atoms. The second kappa shape index (κ2) is 11.3. The van der Waals surface area contributed by atoms with E-state index in [0.717, 1.165) is 23.4 Å². The van der Waals surface area contributed by atoms with E-state index in [1.54, 1.807) is 22.5 Å². The van der Waals surface area contributed by atoms with Gasteiger partial charge < -0.3 is 16.0 Å². The Kier molecular flexibility index (Phi) is 9.81. The molecule has 0 aromatic carbocycles. The third-order valence-corrected chi connectivity index (χ3v) is 5.28. The van der Waals surface area contributed by atoms with Crippen LogP contribution in [0.15, 0.2) is 23.7 Å².